The van der Waals surface area contributed by atoms with Crippen molar-refractivity contribution in [3.8, 4) is 5.75 Å². The van der Waals surface area contributed by atoms with Crippen molar-refractivity contribution >= 4 is 38.7 Å². The predicted octanol–water partition coefficient (Wildman–Crippen LogP) is 2.89. The Morgan fingerprint density at radius 3 is 2.65 bits per heavy atom. The van der Waals surface area contributed by atoms with Crippen LogP contribution in [-0.4, -0.2) is 31.5 Å². The molecule has 0 aliphatic carbocycles. The van der Waals surface area contributed by atoms with Gasteiger partial charge in [-0.05, 0) is 6.92 Å². The molecule has 0 aliphatic heterocycles. The smallest absolute Gasteiger partial charge is 0.460 e. The summed E-state index contributed by atoms with van der Waals surface area (Å²) in [5, 5.41) is -0.806. The number of pyridine rings is 1. The zero-order valence-electron chi connectivity index (χ0n) is 11.2. The van der Waals surface area contributed by atoms with E-state index in [0.29, 0.717) is 0 Å². The van der Waals surface area contributed by atoms with E-state index in [1.165, 1.54) is 6.92 Å². The number of furan rings is 1. The number of hydrogen-bond acceptors (Lipinski definition) is 7. The number of hydrogen-bond donors (Lipinski definition) is 0. The van der Waals surface area contributed by atoms with E-state index >= 15 is 0 Å². The lowest BCUT2D eigenvalue weighted by Gasteiger charge is -2.09. The standard InChI is InChI=1S/C11H7ClF3NO6S/c1-2-20-10(17)8-7(22-23(18,19)11(13,14)15)6-5(21-8)3-4-16-9(6)12/h3-4H,2H2,1H3. The van der Waals surface area contributed by atoms with Crippen LogP contribution in [0.4, 0.5) is 13.2 Å². The zero-order chi connectivity index (χ0) is 17.4. The first-order valence-electron chi connectivity index (χ1n) is 5.83. The van der Waals surface area contributed by atoms with Gasteiger partial charge in [0, 0.05) is 12.3 Å². The van der Waals surface area contributed by atoms with Crippen molar-refractivity contribution < 1.29 is 39.7 Å². The van der Waals surface area contributed by atoms with E-state index in [1.807, 2.05) is 0 Å². The summed E-state index contributed by atoms with van der Waals surface area (Å²) in [7, 11) is -6.05. The van der Waals surface area contributed by atoms with Gasteiger partial charge in [-0.15, -0.1) is 0 Å². The lowest BCUT2D eigenvalue weighted by molar-refractivity contribution is -0.0500. The van der Waals surface area contributed by atoms with Gasteiger partial charge in [-0.25, -0.2) is 9.78 Å². The normalized spacial score (nSPS) is 12.4. The Morgan fingerprint density at radius 1 is 1.43 bits per heavy atom. The average molecular weight is 374 g/mol. The highest BCUT2D eigenvalue weighted by Gasteiger charge is 2.50. The molecule has 0 atom stereocenters. The fourth-order valence-electron chi connectivity index (χ4n) is 1.55. The Bertz CT molecular complexity index is 861. The third kappa shape index (κ3) is 3.20. The number of ether oxygens (including phenoxy) is 1. The summed E-state index contributed by atoms with van der Waals surface area (Å²) in [6.45, 7) is 1.30. The van der Waals surface area contributed by atoms with Gasteiger partial charge >= 0.3 is 21.6 Å². The number of alkyl halides is 3. The molecule has 0 fully saturated rings. The van der Waals surface area contributed by atoms with Crippen molar-refractivity contribution in [1.82, 2.24) is 4.98 Å². The molecule has 2 aromatic rings. The summed E-state index contributed by atoms with van der Waals surface area (Å²) in [5.41, 5.74) is -5.91. The van der Waals surface area contributed by atoms with Gasteiger partial charge in [0.1, 0.15) is 16.1 Å². The maximum atomic E-state index is 12.5. The van der Waals surface area contributed by atoms with Crippen LogP contribution in [0.1, 0.15) is 17.5 Å². The van der Waals surface area contributed by atoms with Crippen LogP contribution in [0.15, 0.2) is 16.7 Å². The van der Waals surface area contributed by atoms with Crippen LogP contribution in [0.2, 0.25) is 5.15 Å². The summed E-state index contributed by atoms with van der Waals surface area (Å²) in [6, 6.07) is 1.16. The molecule has 2 aromatic heterocycles. The van der Waals surface area contributed by atoms with E-state index in [4.69, 9.17) is 16.0 Å². The van der Waals surface area contributed by atoms with Gasteiger partial charge in [0.2, 0.25) is 5.75 Å². The number of rotatable bonds is 4. The molecular formula is C11H7ClF3NO6S. The second-order valence-electron chi connectivity index (χ2n) is 3.94. The quantitative estimate of drug-likeness (QED) is 0.352. The number of carbonyl (C=O) groups excluding carboxylic acids is 1. The Labute approximate surface area is 132 Å². The zero-order valence-corrected chi connectivity index (χ0v) is 12.8. The summed E-state index contributed by atoms with van der Waals surface area (Å²) in [4.78, 5) is 15.3. The maximum Gasteiger partial charge on any atom is 0.534 e. The Morgan fingerprint density at radius 2 is 2.09 bits per heavy atom. The van der Waals surface area contributed by atoms with Gasteiger partial charge in [0.25, 0.3) is 5.76 Å². The second-order valence-corrected chi connectivity index (χ2v) is 5.83. The van der Waals surface area contributed by atoms with E-state index in [2.05, 4.69) is 13.9 Å². The van der Waals surface area contributed by atoms with Crippen LogP contribution in [0.25, 0.3) is 11.0 Å². The average Bonchev–Trinajstić information content (AvgIpc) is 2.77. The van der Waals surface area contributed by atoms with Crippen LogP contribution in [0, 0.1) is 0 Å². The van der Waals surface area contributed by atoms with Gasteiger partial charge in [-0.1, -0.05) is 11.6 Å². The molecule has 0 radical (unpaired) electrons. The molecule has 126 valence electrons. The summed E-state index contributed by atoms with van der Waals surface area (Å²) in [5.74, 6) is -3.12. The van der Waals surface area contributed by atoms with Crippen molar-refractivity contribution in [3.63, 3.8) is 0 Å². The molecule has 23 heavy (non-hydrogen) atoms. The Balaban J connectivity index is 2.69. The lowest BCUT2D eigenvalue weighted by Crippen LogP contribution is -2.28. The number of carbonyl (C=O) groups is 1. The Kier molecular flexibility index (Phi) is 4.44. The van der Waals surface area contributed by atoms with Crippen molar-refractivity contribution in [2.75, 3.05) is 6.61 Å². The second kappa shape index (κ2) is 5.89. The lowest BCUT2D eigenvalue weighted by atomic mass is 10.3. The van der Waals surface area contributed by atoms with Gasteiger partial charge in [-0.2, -0.15) is 21.6 Å². The van der Waals surface area contributed by atoms with Crippen LogP contribution in [0.3, 0.4) is 0 Å². The van der Waals surface area contributed by atoms with Crippen LogP contribution >= 0.6 is 11.6 Å². The molecule has 0 aliphatic rings. The van der Waals surface area contributed by atoms with Crippen LogP contribution in [0.5, 0.6) is 5.75 Å². The van der Waals surface area contributed by atoms with Crippen LogP contribution in [-0.2, 0) is 14.9 Å². The maximum absolute atomic E-state index is 12.5. The molecular weight excluding hydrogens is 367 g/mol. The van der Waals surface area contributed by atoms with Gasteiger partial charge < -0.3 is 13.3 Å². The molecule has 0 amide bonds. The molecule has 0 unspecified atom stereocenters. The fraction of sp³-hybridized carbons (Fsp3) is 0.273. The first-order valence-corrected chi connectivity index (χ1v) is 7.62. The van der Waals surface area contributed by atoms with Gasteiger partial charge in [0.15, 0.2) is 0 Å². The molecule has 2 rings (SSSR count). The fourth-order valence-corrected chi connectivity index (χ4v) is 2.26. The largest absolute Gasteiger partial charge is 0.534 e. The third-order valence-electron chi connectivity index (χ3n) is 2.45. The SMILES string of the molecule is CCOC(=O)c1oc2ccnc(Cl)c2c1OS(=O)(=O)C(F)(F)F. The molecule has 0 aromatic carbocycles. The number of esters is 1. The minimum absolute atomic E-state index is 0.132. The molecule has 2 heterocycles. The van der Waals surface area contributed by atoms with Gasteiger partial charge in [0.05, 0.1) is 6.61 Å². The minimum atomic E-state index is -6.05. The summed E-state index contributed by atoms with van der Waals surface area (Å²) >= 11 is 5.72. The summed E-state index contributed by atoms with van der Waals surface area (Å²) in [6.07, 6.45) is 1.14. The number of nitrogens with zero attached hydrogens (tertiary/aromatic N) is 1. The highest BCUT2D eigenvalue weighted by molar-refractivity contribution is 7.88. The van der Waals surface area contributed by atoms with E-state index in [9.17, 15) is 26.4 Å². The summed E-state index contributed by atoms with van der Waals surface area (Å²) < 4.78 is 73.5. The van der Waals surface area contributed by atoms with Crippen molar-refractivity contribution in [1.29, 1.82) is 0 Å². The molecule has 0 N–H and O–H groups in total. The molecule has 7 nitrogen and oxygen atoms in total. The number of fused-ring (bicyclic) bond motifs is 1. The minimum Gasteiger partial charge on any atom is -0.460 e. The molecule has 0 bridgehead atoms. The highest BCUT2D eigenvalue weighted by Crippen LogP contribution is 2.40. The predicted molar refractivity (Wildman–Crippen MR) is 70.6 cm³/mol. The highest BCUT2D eigenvalue weighted by atomic mass is 35.5. The third-order valence-corrected chi connectivity index (χ3v) is 3.69. The first kappa shape index (κ1) is 17.3. The molecule has 0 saturated carbocycles. The number of aromatic nitrogens is 1. The monoisotopic (exact) mass is 373 g/mol. The topological polar surface area (TPSA) is 95.7 Å². The molecule has 12 heteroatoms. The van der Waals surface area contributed by atoms with E-state index in [0.717, 1.165) is 12.3 Å². The van der Waals surface area contributed by atoms with E-state index < -0.39 is 43.6 Å². The van der Waals surface area contributed by atoms with Crippen molar-refractivity contribution in [2.24, 2.45) is 0 Å². The van der Waals surface area contributed by atoms with E-state index in [-0.39, 0.29) is 12.2 Å². The number of halogens is 4. The van der Waals surface area contributed by atoms with Crippen LogP contribution < -0.4 is 4.18 Å². The first-order chi connectivity index (χ1) is 10.6. The molecule has 0 spiro atoms. The van der Waals surface area contributed by atoms with Crippen molar-refractivity contribution in [2.45, 2.75) is 12.4 Å². The van der Waals surface area contributed by atoms with Gasteiger partial charge in [-0.3, -0.25) is 0 Å². The Hall–Kier alpha value is -2.01. The van der Waals surface area contributed by atoms with Crippen molar-refractivity contribution in [3.05, 3.63) is 23.2 Å². The molecule has 0 saturated heterocycles. The van der Waals surface area contributed by atoms with E-state index in [1.54, 1.807) is 0 Å².